The molecule has 0 atom stereocenters. The zero-order valence-electron chi connectivity index (χ0n) is 12.8. The molecule has 24 heavy (non-hydrogen) atoms. The molecule has 0 saturated carbocycles. The highest BCUT2D eigenvalue weighted by Crippen LogP contribution is 2.53. The van der Waals surface area contributed by atoms with Crippen LogP contribution < -0.4 is 0 Å². The number of carboxylic acids is 1. The molecular weight excluding hydrogens is 336 g/mol. The van der Waals surface area contributed by atoms with Crippen molar-refractivity contribution in [1.29, 1.82) is 0 Å². The predicted molar refractivity (Wildman–Crippen MR) is 100 cm³/mol. The highest BCUT2D eigenvalue weighted by atomic mass is 32.2. The molecule has 0 bridgehead atoms. The van der Waals surface area contributed by atoms with E-state index in [1.165, 1.54) is 23.5 Å². The maximum atomic E-state index is 12.4. The van der Waals surface area contributed by atoms with Crippen molar-refractivity contribution in [3.63, 3.8) is 0 Å². The molecule has 3 aromatic carbocycles. The summed E-state index contributed by atoms with van der Waals surface area (Å²) in [7, 11) is 0. The monoisotopic (exact) mass is 352 g/mol. The molecule has 0 aliphatic carbocycles. The summed E-state index contributed by atoms with van der Waals surface area (Å²) in [6.45, 7) is 0. The lowest BCUT2D eigenvalue weighted by atomic mass is 10.1. The van der Waals surface area contributed by atoms with Gasteiger partial charge in [-0.05, 0) is 29.8 Å². The van der Waals surface area contributed by atoms with Crippen LogP contribution >= 0.6 is 23.5 Å². The van der Waals surface area contributed by atoms with E-state index in [0.717, 1.165) is 15.4 Å². The van der Waals surface area contributed by atoms with Crippen LogP contribution in [0.1, 0.15) is 5.56 Å². The first-order valence-corrected chi connectivity index (χ1v) is 9.11. The summed E-state index contributed by atoms with van der Waals surface area (Å²) < 4.78 is -1.15. The molecule has 3 rings (SSSR count). The standard InChI is InChI=1S/C20H16O2S2/c21-19(22)20(16-10-4-1-5-11-16,23-17-12-6-2-7-13-17)24-18-14-8-3-9-15-18/h1-15H,(H,21,22). The molecule has 1 N–H and O–H groups in total. The van der Waals surface area contributed by atoms with E-state index in [1.54, 1.807) is 0 Å². The van der Waals surface area contributed by atoms with Gasteiger partial charge >= 0.3 is 5.97 Å². The molecule has 2 nitrogen and oxygen atoms in total. The SMILES string of the molecule is O=C(O)C(Sc1ccccc1)(Sc1ccccc1)c1ccccc1. The number of carboxylic acid groups (broad SMARTS) is 1. The van der Waals surface area contributed by atoms with Crippen LogP contribution in [0.4, 0.5) is 0 Å². The highest BCUT2D eigenvalue weighted by molar-refractivity contribution is 8.18. The van der Waals surface area contributed by atoms with Crippen molar-refractivity contribution in [2.45, 2.75) is 13.9 Å². The maximum absolute atomic E-state index is 12.4. The van der Waals surface area contributed by atoms with E-state index in [9.17, 15) is 9.90 Å². The second-order valence-corrected chi connectivity index (χ2v) is 7.95. The summed E-state index contributed by atoms with van der Waals surface area (Å²) >= 11 is 2.71. The van der Waals surface area contributed by atoms with Crippen LogP contribution in [0.15, 0.2) is 101 Å². The molecule has 0 amide bonds. The Morgan fingerprint density at radius 2 is 1.04 bits per heavy atom. The number of aliphatic carboxylic acids is 1. The summed E-state index contributed by atoms with van der Waals surface area (Å²) in [5, 5.41) is 10.2. The van der Waals surface area contributed by atoms with E-state index in [1.807, 2.05) is 91.0 Å². The molecule has 0 radical (unpaired) electrons. The van der Waals surface area contributed by atoms with Gasteiger partial charge in [0.15, 0.2) is 4.08 Å². The molecule has 0 saturated heterocycles. The van der Waals surface area contributed by atoms with Gasteiger partial charge in [-0.1, -0.05) is 90.3 Å². The lowest BCUT2D eigenvalue weighted by Gasteiger charge is -2.29. The van der Waals surface area contributed by atoms with E-state index in [4.69, 9.17) is 0 Å². The van der Waals surface area contributed by atoms with E-state index in [0.29, 0.717) is 0 Å². The fourth-order valence-corrected chi connectivity index (χ4v) is 4.99. The third-order valence-corrected chi connectivity index (χ3v) is 6.36. The third kappa shape index (κ3) is 3.66. The minimum atomic E-state index is -1.15. The molecule has 0 spiro atoms. The Hall–Kier alpha value is -2.17. The third-order valence-electron chi connectivity index (χ3n) is 3.44. The summed E-state index contributed by atoms with van der Waals surface area (Å²) in [4.78, 5) is 14.2. The van der Waals surface area contributed by atoms with Crippen molar-refractivity contribution >= 4 is 29.5 Å². The fourth-order valence-electron chi connectivity index (χ4n) is 2.32. The molecule has 3 aromatic rings. The topological polar surface area (TPSA) is 37.3 Å². The second kappa shape index (κ2) is 7.60. The highest BCUT2D eigenvalue weighted by Gasteiger charge is 2.43. The molecule has 0 aromatic heterocycles. The summed E-state index contributed by atoms with van der Waals surface area (Å²) in [6.07, 6.45) is 0. The van der Waals surface area contributed by atoms with Crippen LogP contribution in [0.25, 0.3) is 0 Å². The number of thioether (sulfide) groups is 2. The Morgan fingerprint density at radius 3 is 1.42 bits per heavy atom. The van der Waals surface area contributed by atoms with Gasteiger partial charge in [0.1, 0.15) is 0 Å². The number of carbonyl (C=O) groups is 1. The van der Waals surface area contributed by atoms with Crippen LogP contribution in [0, 0.1) is 0 Å². The van der Waals surface area contributed by atoms with Crippen molar-refractivity contribution in [3.8, 4) is 0 Å². The number of rotatable bonds is 6. The van der Waals surface area contributed by atoms with Gasteiger partial charge in [0, 0.05) is 9.79 Å². The molecular formula is C20H16O2S2. The first kappa shape index (κ1) is 16.7. The van der Waals surface area contributed by atoms with Gasteiger partial charge in [0.2, 0.25) is 0 Å². The van der Waals surface area contributed by atoms with Gasteiger partial charge in [-0.3, -0.25) is 0 Å². The van der Waals surface area contributed by atoms with Gasteiger partial charge in [-0.2, -0.15) is 0 Å². The number of benzene rings is 3. The maximum Gasteiger partial charge on any atom is 0.335 e. The summed E-state index contributed by atoms with van der Waals surface area (Å²) in [6, 6.07) is 28.7. The van der Waals surface area contributed by atoms with Crippen LogP contribution in [0.5, 0.6) is 0 Å². The number of hydrogen-bond acceptors (Lipinski definition) is 3. The molecule has 0 fully saturated rings. The van der Waals surface area contributed by atoms with Crippen molar-refractivity contribution < 1.29 is 9.90 Å². The Bertz CT molecular complexity index is 748. The zero-order valence-corrected chi connectivity index (χ0v) is 14.5. The molecule has 0 unspecified atom stereocenters. The average Bonchev–Trinajstić information content (AvgIpc) is 2.63. The lowest BCUT2D eigenvalue weighted by molar-refractivity contribution is -0.137. The van der Waals surface area contributed by atoms with Crippen LogP contribution in [-0.2, 0) is 8.87 Å². The predicted octanol–water partition coefficient (Wildman–Crippen LogP) is 5.51. The molecule has 0 aliphatic heterocycles. The Morgan fingerprint density at radius 1 is 0.667 bits per heavy atom. The van der Waals surface area contributed by atoms with Crippen LogP contribution in [0.2, 0.25) is 0 Å². The molecule has 120 valence electrons. The van der Waals surface area contributed by atoms with E-state index < -0.39 is 10.0 Å². The quantitative estimate of drug-likeness (QED) is 0.469. The van der Waals surface area contributed by atoms with Crippen molar-refractivity contribution in [3.05, 3.63) is 96.6 Å². The largest absolute Gasteiger partial charge is 0.479 e. The number of hydrogen-bond donors (Lipinski definition) is 1. The van der Waals surface area contributed by atoms with Crippen molar-refractivity contribution in [2.24, 2.45) is 0 Å². The average molecular weight is 352 g/mol. The fraction of sp³-hybridized carbons (Fsp3) is 0.0500. The second-order valence-electron chi connectivity index (χ2n) is 5.12. The van der Waals surface area contributed by atoms with Crippen molar-refractivity contribution in [1.82, 2.24) is 0 Å². The van der Waals surface area contributed by atoms with E-state index in [2.05, 4.69) is 0 Å². The van der Waals surface area contributed by atoms with Gasteiger partial charge in [-0.15, -0.1) is 0 Å². The Balaban J connectivity index is 2.08. The van der Waals surface area contributed by atoms with Gasteiger partial charge in [-0.25, -0.2) is 4.79 Å². The minimum absolute atomic E-state index is 0.764. The van der Waals surface area contributed by atoms with Gasteiger partial charge in [0.05, 0.1) is 0 Å². The van der Waals surface area contributed by atoms with E-state index in [-0.39, 0.29) is 0 Å². The van der Waals surface area contributed by atoms with Gasteiger partial charge in [0.25, 0.3) is 0 Å². The zero-order chi connectivity index (χ0) is 16.8. The van der Waals surface area contributed by atoms with Gasteiger partial charge < -0.3 is 5.11 Å². The smallest absolute Gasteiger partial charge is 0.335 e. The first-order valence-electron chi connectivity index (χ1n) is 7.48. The Labute approximate surface area is 149 Å². The van der Waals surface area contributed by atoms with Crippen LogP contribution in [-0.4, -0.2) is 11.1 Å². The first-order chi connectivity index (χ1) is 11.7. The minimum Gasteiger partial charge on any atom is -0.479 e. The van der Waals surface area contributed by atoms with Crippen LogP contribution in [0.3, 0.4) is 0 Å². The van der Waals surface area contributed by atoms with Crippen molar-refractivity contribution in [2.75, 3.05) is 0 Å². The lowest BCUT2D eigenvalue weighted by Crippen LogP contribution is -2.28. The Kier molecular flexibility index (Phi) is 5.28. The van der Waals surface area contributed by atoms with E-state index >= 15 is 0 Å². The molecule has 0 heterocycles. The molecule has 4 heteroatoms. The normalized spacial score (nSPS) is 11.2. The summed E-state index contributed by atoms with van der Waals surface area (Å²) in [5.74, 6) is -0.864. The molecule has 0 aliphatic rings. The summed E-state index contributed by atoms with van der Waals surface area (Å²) in [5.41, 5.74) is 0.764.